The fraction of sp³-hybridized carbons (Fsp3) is 0.700. The lowest BCUT2D eigenvalue weighted by molar-refractivity contribution is -0.133. The Morgan fingerprint density at radius 3 is 2.77 bits per heavy atom. The molecule has 0 saturated heterocycles. The van der Waals surface area contributed by atoms with Crippen molar-refractivity contribution in [3.63, 3.8) is 0 Å². The Kier molecular flexibility index (Phi) is 6.24. The van der Waals surface area contributed by atoms with Crippen LogP contribution in [-0.4, -0.2) is 30.9 Å². The van der Waals surface area contributed by atoms with Crippen molar-refractivity contribution in [3.05, 3.63) is 12.7 Å². The normalized spacial score (nSPS) is 12.2. The SMILES string of the molecule is C=CCN(C)C(=O)C(C)CCCN. The minimum atomic E-state index is 0.0773. The molecule has 3 heteroatoms. The van der Waals surface area contributed by atoms with Crippen LogP contribution in [0.2, 0.25) is 0 Å². The Morgan fingerprint density at radius 1 is 1.69 bits per heavy atom. The summed E-state index contributed by atoms with van der Waals surface area (Å²) in [6, 6.07) is 0. The van der Waals surface area contributed by atoms with Crippen LogP contribution in [0.3, 0.4) is 0 Å². The van der Waals surface area contributed by atoms with Gasteiger partial charge >= 0.3 is 0 Å². The van der Waals surface area contributed by atoms with E-state index in [1.165, 1.54) is 0 Å². The molecule has 13 heavy (non-hydrogen) atoms. The summed E-state index contributed by atoms with van der Waals surface area (Å²) in [5.74, 6) is 0.252. The maximum absolute atomic E-state index is 11.6. The molecule has 0 saturated carbocycles. The standard InChI is InChI=1S/C10H20N2O/c1-4-8-12(3)10(13)9(2)6-5-7-11/h4,9H,1,5-8,11H2,2-3H3. The number of nitrogens with two attached hydrogens (primary N) is 1. The molecule has 0 aromatic carbocycles. The van der Waals surface area contributed by atoms with Crippen molar-refractivity contribution >= 4 is 5.91 Å². The molecule has 0 rings (SSSR count). The third kappa shape index (κ3) is 4.68. The fourth-order valence-electron chi connectivity index (χ4n) is 1.21. The Hall–Kier alpha value is -0.830. The van der Waals surface area contributed by atoms with E-state index in [2.05, 4.69) is 6.58 Å². The predicted molar refractivity (Wildman–Crippen MR) is 55.3 cm³/mol. The second-order valence-corrected chi connectivity index (χ2v) is 3.34. The van der Waals surface area contributed by atoms with Gasteiger partial charge in [-0.25, -0.2) is 0 Å². The average Bonchev–Trinajstić information content (AvgIpc) is 2.13. The smallest absolute Gasteiger partial charge is 0.225 e. The minimum absolute atomic E-state index is 0.0773. The highest BCUT2D eigenvalue weighted by molar-refractivity contribution is 5.78. The van der Waals surface area contributed by atoms with E-state index in [9.17, 15) is 4.79 Å². The zero-order valence-corrected chi connectivity index (χ0v) is 8.62. The number of likely N-dealkylation sites (N-methyl/N-ethyl adjacent to an activating group) is 1. The van der Waals surface area contributed by atoms with Crippen LogP contribution in [0, 0.1) is 5.92 Å². The molecule has 0 aromatic heterocycles. The summed E-state index contributed by atoms with van der Waals surface area (Å²) in [6.45, 7) is 6.81. The molecule has 0 heterocycles. The number of rotatable bonds is 6. The molecule has 1 amide bonds. The van der Waals surface area contributed by atoms with Gasteiger partial charge in [-0.1, -0.05) is 13.0 Å². The highest BCUT2D eigenvalue weighted by Gasteiger charge is 2.15. The van der Waals surface area contributed by atoms with Gasteiger partial charge in [0.15, 0.2) is 0 Å². The van der Waals surface area contributed by atoms with E-state index in [0.717, 1.165) is 12.8 Å². The second kappa shape index (κ2) is 6.66. The summed E-state index contributed by atoms with van der Waals surface area (Å²) in [4.78, 5) is 13.3. The summed E-state index contributed by atoms with van der Waals surface area (Å²) >= 11 is 0. The van der Waals surface area contributed by atoms with Gasteiger partial charge in [0.25, 0.3) is 0 Å². The van der Waals surface area contributed by atoms with Crippen LogP contribution < -0.4 is 5.73 Å². The van der Waals surface area contributed by atoms with E-state index in [-0.39, 0.29) is 11.8 Å². The van der Waals surface area contributed by atoms with E-state index >= 15 is 0 Å². The highest BCUT2D eigenvalue weighted by atomic mass is 16.2. The van der Waals surface area contributed by atoms with Crippen LogP contribution in [0.5, 0.6) is 0 Å². The fourth-order valence-corrected chi connectivity index (χ4v) is 1.21. The van der Waals surface area contributed by atoms with Gasteiger partial charge in [-0.3, -0.25) is 4.79 Å². The van der Waals surface area contributed by atoms with Gasteiger partial charge < -0.3 is 10.6 Å². The Bertz CT molecular complexity index is 168. The van der Waals surface area contributed by atoms with Crippen LogP contribution in [0.25, 0.3) is 0 Å². The molecule has 0 aliphatic heterocycles. The van der Waals surface area contributed by atoms with E-state index in [0.29, 0.717) is 13.1 Å². The number of carbonyl (C=O) groups excluding carboxylic acids is 1. The van der Waals surface area contributed by atoms with Crippen LogP contribution in [-0.2, 0) is 4.79 Å². The lowest BCUT2D eigenvalue weighted by atomic mass is 10.0. The molecule has 0 fully saturated rings. The largest absolute Gasteiger partial charge is 0.342 e. The second-order valence-electron chi connectivity index (χ2n) is 3.34. The predicted octanol–water partition coefficient (Wildman–Crippen LogP) is 1.01. The zero-order chi connectivity index (χ0) is 10.3. The molecular formula is C10H20N2O. The summed E-state index contributed by atoms with van der Waals surface area (Å²) < 4.78 is 0. The van der Waals surface area contributed by atoms with Gasteiger partial charge in [-0.2, -0.15) is 0 Å². The van der Waals surface area contributed by atoms with Crippen molar-refractivity contribution < 1.29 is 4.79 Å². The molecule has 0 bridgehead atoms. The third-order valence-corrected chi connectivity index (χ3v) is 2.04. The summed E-state index contributed by atoms with van der Waals surface area (Å²) in [7, 11) is 1.79. The van der Waals surface area contributed by atoms with Gasteiger partial charge in [0, 0.05) is 19.5 Å². The number of carbonyl (C=O) groups is 1. The quantitative estimate of drug-likeness (QED) is 0.626. The first-order valence-electron chi connectivity index (χ1n) is 4.69. The van der Waals surface area contributed by atoms with Crippen molar-refractivity contribution in [2.75, 3.05) is 20.1 Å². The van der Waals surface area contributed by atoms with Crippen LogP contribution >= 0.6 is 0 Å². The van der Waals surface area contributed by atoms with E-state index < -0.39 is 0 Å². The lowest BCUT2D eigenvalue weighted by Crippen LogP contribution is -2.31. The highest BCUT2D eigenvalue weighted by Crippen LogP contribution is 2.07. The Labute approximate surface area is 80.6 Å². The monoisotopic (exact) mass is 184 g/mol. The molecule has 0 radical (unpaired) electrons. The molecule has 0 aliphatic rings. The Morgan fingerprint density at radius 2 is 2.31 bits per heavy atom. The molecular weight excluding hydrogens is 164 g/mol. The van der Waals surface area contributed by atoms with Crippen molar-refractivity contribution in [2.24, 2.45) is 11.7 Å². The molecule has 3 nitrogen and oxygen atoms in total. The van der Waals surface area contributed by atoms with Gasteiger partial charge in [-0.15, -0.1) is 6.58 Å². The molecule has 0 aliphatic carbocycles. The van der Waals surface area contributed by atoms with Crippen molar-refractivity contribution in [1.82, 2.24) is 4.90 Å². The van der Waals surface area contributed by atoms with Gasteiger partial charge in [-0.05, 0) is 19.4 Å². The first kappa shape index (κ1) is 12.2. The maximum Gasteiger partial charge on any atom is 0.225 e. The topological polar surface area (TPSA) is 46.3 Å². The van der Waals surface area contributed by atoms with Gasteiger partial charge in [0.1, 0.15) is 0 Å². The van der Waals surface area contributed by atoms with Gasteiger partial charge in [0.2, 0.25) is 5.91 Å². The van der Waals surface area contributed by atoms with Crippen LogP contribution in [0.1, 0.15) is 19.8 Å². The van der Waals surface area contributed by atoms with E-state index in [1.807, 2.05) is 6.92 Å². The zero-order valence-electron chi connectivity index (χ0n) is 8.62. The molecule has 0 spiro atoms. The first-order valence-corrected chi connectivity index (χ1v) is 4.69. The van der Waals surface area contributed by atoms with Crippen LogP contribution in [0.15, 0.2) is 12.7 Å². The number of amides is 1. The number of nitrogens with zero attached hydrogens (tertiary/aromatic N) is 1. The third-order valence-electron chi connectivity index (χ3n) is 2.04. The lowest BCUT2D eigenvalue weighted by Gasteiger charge is -2.19. The van der Waals surface area contributed by atoms with Crippen LogP contribution in [0.4, 0.5) is 0 Å². The summed E-state index contributed by atoms with van der Waals surface area (Å²) in [6.07, 6.45) is 3.51. The van der Waals surface area contributed by atoms with Crippen molar-refractivity contribution in [2.45, 2.75) is 19.8 Å². The molecule has 76 valence electrons. The number of hydrogen-bond donors (Lipinski definition) is 1. The van der Waals surface area contributed by atoms with Gasteiger partial charge in [0.05, 0.1) is 0 Å². The average molecular weight is 184 g/mol. The minimum Gasteiger partial charge on any atom is -0.342 e. The summed E-state index contributed by atoms with van der Waals surface area (Å²) in [5.41, 5.74) is 5.37. The van der Waals surface area contributed by atoms with E-state index in [1.54, 1.807) is 18.0 Å². The molecule has 2 N–H and O–H groups in total. The molecule has 1 unspecified atom stereocenters. The first-order chi connectivity index (χ1) is 6.13. The van der Waals surface area contributed by atoms with E-state index in [4.69, 9.17) is 5.73 Å². The summed E-state index contributed by atoms with van der Waals surface area (Å²) in [5, 5.41) is 0. The molecule has 0 aromatic rings. The van der Waals surface area contributed by atoms with Crippen molar-refractivity contribution in [3.8, 4) is 0 Å². The van der Waals surface area contributed by atoms with Crippen molar-refractivity contribution in [1.29, 1.82) is 0 Å². The number of hydrogen-bond acceptors (Lipinski definition) is 2. The maximum atomic E-state index is 11.6. The Balaban J connectivity index is 3.86. The molecule has 1 atom stereocenters.